The third-order valence-electron chi connectivity index (χ3n) is 4.37. The quantitative estimate of drug-likeness (QED) is 0.901. The number of carbonyl (C=O) groups excluding carboxylic acids is 2. The first-order valence-corrected chi connectivity index (χ1v) is 7.19. The Labute approximate surface area is 117 Å². The number of carbonyl (C=O) groups is 2. The zero-order valence-electron chi connectivity index (χ0n) is 11.6. The maximum atomic E-state index is 12.8. The molecule has 2 amide bonds. The highest BCUT2D eigenvalue weighted by atomic mass is 16.5. The topological polar surface area (TPSA) is 75.4 Å². The Balaban J connectivity index is 1.89. The molecular weight excluding hydrogens is 258 g/mol. The van der Waals surface area contributed by atoms with Crippen molar-refractivity contribution in [2.24, 2.45) is 0 Å². The molecule has 1 aliphatic heterocycles. The number of rotatable bonds is 3. The van der Waals surface area contributed by atoms with Crippen LogP contribution in [0, 0.1) is 0 Å². The molecule has 3 rings (SSSR count). The Morgan fingerprint density at radius 2 is 2.20 bits per heavy atom. The molecule has 6 heteroatoms. The van der Waals surface area contributed by atoms with E-state index in [-0.39, 0.29) is 11.8 Å². The smallest absolute Gasteiger partial charge is 0.249 e. The molecule has 0 aromatic carbocycles. The Morgan fingerprint density at radius 1 is 1.45 bits per heavy atom. The van der Waals surface area contributed by atoms with E-state index in [4.69, 9.17) is 4.52 Å². The first-order chi connectivity index (χ1) is 9.66. The minimum Gasteiger partial charge on any atom is -0.360 e. The van der Waals surface area contributed by atoms with E-state index >= 15 is 0 Å². The van der Waals surface area contributed by atoms with Crippen LogP contribution in [0.5, 0.6) is 0 Å². The fourth-order valence-electron chi connectivity index (χ4n) is 3.33. The maximum Gasteiger partial charge on any atom is 0.249 e. The van der Waals surface area contributed by atoms with Crippen LogP contribution in [0.15, 0.2) is 16.8 Å². The number of aromatic nitrogens is 1. The van der Waals surface area contributed by atoms with Crippen molar-refractivity contribution in [2.45, 2.75) is 57.2 Å². The highest BCUT2D eigenvalue weighted by molar-refractivity contribution is 6.00. The Hall–Kier alpha value is -1.85. The van der Waals surface area contributed by atoms with Crippen LogP contribution in [0.1, 0.15) is 44.8 Å². The molecule has 1 aromatic heterocycles. The van der Waals surface area contributed by atoms with Gasteiger partial charge in [-0.15, -0.1) is 0 Å². The van der Waals surface area contributed by atoms with Gasteiger partial charge in [0.05, 0.1) is 12.7 Å². The second-order valence-corrected chi connectivity index (χ2v) is 5.61. The van der Waals surface area contributed by atoms with E-state index in [2.05, 4.69) is 10.5 Å². The predicted octanol–water partition coefficient (Wildman–Crippen LogP) is 1.22. The van der Waals surface area contributed by atoms with Gasteiger partial charge in [-0.1, -0.05) is 24.9 Å². The van der Waals surface area contributed by atoms with Gasteiger partial charge >= 0.3 is 0 Å². The molecule has 1 N–H and O–H groups in total. The standard InChI is InChI=1S/C14H19N3O3/c1-2-11-12(18)16-14(6-3-4-7-14)13(19)17(11)9-10-5-8-15-20-10/h5,8,11H,2-4,6-7,9H2,1H3,(H,16,18). The number of hydrogen-bond acceptors (Lipinski definition) is 4. The van der Waals surface area contributed by atoms with Crippen molar-refractivity contribution < 1.29 is 14.1 Å². The molecule has 1 spiro atoms. The Kier molecular flexibility index (Phi) is 3.23. The SMILES string of the molecule is CCC1C(=O)NC2(CCCC2)C(=O)N1Cc1ccno1. The third kappa shape index (κ3) is 1.99. The molecule has 2 aliphatic rings. The van der Waals surface area contributed by atoms with Gasteiger partial charge in [-0.3, -0.25) is 9.59 Å². The van der Waals surface area contributed by atoms with Gasteiger partial charge in [0, 0.05) is 6.07 Å². The van der Waals surface area contributed by atoms with Gasteiger partial charge in [0.15, 0.2) is 5.76 Å². The van der Waals surface area contributed by atoms with Gasteiger partial charge in [0.2, 0.25) is 11.8 Å². The number of piperazine rings is 1. The molecule has 0 bridgehead atoms. The summed E-state index contributed by atoms with van der Waals surface area (Å²) in [6.07, 6.45) is 5.59. The second-order valence-electron chi connectivity index (χ2n) is 5.61. The van der Waals surface area contributed by atoms with Gasteiger partial charge in [0.1, 0.15) is 11.6 Å². The lowest BCUT2D eigenvalue weighted by molar-refractivity contribution is -0.156. The van der Waals surface area contributed by atoms with Crippen molar-refractivity contribution in [3.05, 3.63) is 18.0 Å². The van der Waals surface area contributed by atoms with Crippen LogP contribution in [0.2, 0.25) is 0 Å². The van der Waals surface area contributed by atoms with Gasteiger partial charge < -0.3 is 14.7 Å². The zero-order chi connectivity index (χ0) is 14.2. The summed E-state index contributed by atoms with van der Waals surface area (Å²) < 4.78 is 5.09. The van der Waals surface area contributed by atoms with Crippen LogP contribution in [-0.4, -0.2) is 33.5 Å². The molecule has 2 fully saturated rings. The lowest BCUT2D eigenvalue weighted by Crippen LogP contribution is -2.69. The summed E-state index contributed by atoms with van der Waals surface area (Å²) in [5, 5.41) is 6.63. The molecular formula is C14H19N3O3. The van der Waals surface area contributed by atoms with E-state index < -0.39 is 11.6 Å². The monoisotopic (exact) mass is 277 g/mol. The summed E-state index contributed by atoms with van der Waals surface area (Å²) in [7, 11) is 0. The van der Waals surface area contributed by atoms with E-state index in [0.717, 1.165) is 25.7 Å². The van der Waals surface area contributed by atoms with Crippen molar-refractivity contribution in [2.75, 3.05) is 0 Å². The first-order valence-electron chi connectivity index (χ1n) is 7.19. The van der Waals surface area contributed by atoms with E-state index in [0.29, 0.717) is 18.7 Å². The lowest BCUT2D eigenvalue weighted by atomic mass is 9.90. The molecule has 20 heavy (non-hydrogen) atoms. The number of nitrogens with zero attached hydrogens (tertiary/aromatic N) is 2. The second kappa shape index (κ2) is 4.92. The normalized spacial score (nSPS) is 25.2. The highest BCUT2D eigenvalue weighted by Crippen LogP contribution is 2.35. The third-order valence-corrected chi connectivity index (χ3v) is 4.37. The van der Waals surface area contributed by atoms with Crippen LogP contribution in [0.4, 0.5) is 0 Å². The molecule has 6 nitrogen and oxygen atoms in total. The van der Waals surface area contributed by atoms with Crippen molar-refractivity contribution in [1.82, 2.24) is 15.4 Å². The first kappa shape index (κ1) is 13.1. The van der Waals surface area contributed by atoms with Gasteiger partial charge in [-0.25, -0.2) is 0 Å². The molecule has 1 atom stereocenters. The summed E-state index contributed by atoms with van der Waals surface area (Å²) in [6.45, 7) is 2.23. The molecule has 1 saturated carbocycles. The minimum atomic E-state index is -0.678. The van der Waals surface area contributed by atoms with Gasteiger partial charge in [-0.2, -0.15) is 0 Å². The molecule has 1 aromatic rings. The molecule has 1 aliphatic carbocycles. The van der Waals surface area contributed by atoms with E-state index in [1.165, 1.54) is 0 Å². The Morgan fingerprint density at radius 3 is 2.80 bits per heavy atom. The van der Waals surface area contributed by atoms with E-state index in [9.17, 15) is 9.59 Å². The summed E-state index contributed by atoms with van der Waals surface area (Å²) in [6, 6.07) is 1.31. The zero-order valence-corrected chi connectivity index (χ0v) is 11.6. The fourth-order valence-corrected chi connectivity index (χ4v) is 3.33. The Bertz CT molecular complexity index is 506. The summed E-state index contributed by atoms with van der Waals surface area (Å²) >= 11 is 0. The predicted molar refractivity (Wildman–Crippen MR) is 70.5 cm³/mol. The average Bonchev–Trinajstić information content (AvgIpc) is 3.08. The summed E-state index contributed by atoms with van der Waals surface area (Å²) in [5.74, 6) is 0.589. The maximum absolute atomic E-state index is 12.8. The lowest BCUT2D eigenvalue weighted by Gasteiger charge is -2.43. The number of hydrogen-bond donors (Lipinski definition) is 1. The molecule has 1 unspecified atom stereocenters. The summed E-state index contributed by atoms with van der Waals surface area (Å²) in [4.78, 5) is 26.8. The summed E-state index contributed by atoms with van der Waals surface area (Å²) in [5.41, 5.74) is -0.678. The molecule has 108 valence electrons. The van der Waals surface area contributed by atoms with Crippen LogP contribution >= 0.6 is 0 Å². The van der Waals surface area contributed by atoms with Crippen LogP contribution in [0.25, 0.3) is 0 Å². The van der Waals surface area contributed by atoms with E-state index in [1.807, 2.05) is 6.92 Å². The highest BCUT2D eigenvalue weighted by Gasteiger charge is 2.51. The average molecular weight is 277 g/mol. The molecule has 2 heterocycles. The van der Waals surface area contributed by atoms with Gasteiger partial charge in [-0.05, 0) is 19.3 Å². The van der Waals surface area contributed by atoms with Crippen LogP contribution in [-0.2, 0) is 16.1 Å². The van der Waals surface area contributed by atoms with Crippen LogP contribution in [0.3, 0.4) is 0 Å². The largest absolute Gasteiger partial charge is 0.360 e. The molecule has 1 saturated heterocycles. The number of amides is 2. The van der Waals surface area contributed by atoms with Crippen molar-refractivity contribution in [3.8, 4) is 0 Å². The van der Waals surface area contributed by atoms with Crippen LogP contribution < -0.4 is 5.32 Å². The van der Waals surface area contributed by atoms with Crippen molar-refractivity contribution >= 4 is 11.8 Å². The van der Waals surface area contributed by atoms with Crippen molar-refractivity contribution in [3.63, 3.8) is 0 Å². The van der Waals surface area contributed by atoms with Gasteiger partial charge in [0.25, 0.3) is 0 Å². The van der Waals surface area contributed by atoms with E-state index in [1.54, 1.807) is 17.2 Å². The fraction of sp³-hybridized carbons (Fsp3) is 0.643. The minimum absolute atomic E-state index is 0.0258. The van der Waals surface area contributed by atoms with Crippen molar-refractivity contribution in [1.29, 1.82) is 0 Å². The number of nitrogens with one attached hydrogen (secondary N) is 1. The molecule has 0 radical (unpaired) electrons.